The molecule has 2 rings (SSSR count). The van der Waals surface area contributed by atoms with E-state index in [1.165, 1.54) is 37.3 Å². The van der Waals surface area contributed by atoms with Crippen LogP contribution in [0.3, 0.4) is 0 Å². The maximum atomic E-state index is 12.4. The third-order valence-corrected chi connectivity index (χ3v) is 6.93. The van der Waals surface area contributed by atoms with Crippen molar-refractivity contribution in [3.8, 4) is 5.75 Å². The van der Waals surface area contributed by atoms with Crippen molar-refractivity contribution in [1.29, 1.82) is 0 Å². The molecule has 9 heteroatoms. The van der Waals surface area contributed by atoms with Crippen molar-refractivity contribution in [2.24, 2.45) is 0 Å². The minimum absolute atomic E-state index is 0.0950. The third kappa shape index (κ3) is 7.96. The third-order valence-electron chi connectivity index (χ3n) is 3.92. The molecule has 0 unspecified atom stereocenters. The van der Waals surface area contributed by atoms with Crippen molar-refractivity contribution in [3.63, 3.8) is 0 Å². The quantitative estimate of drug-likeness (QED) is 0.332. The summed E-state index contributed by atoms with van der Waals surface area (Å²) < 4.78 is 34.3. The molecule has 0 aromatic heterocycles. The van der Waals surface area contributed by atoms with Gasteiger partial charge in [-0.1, -0.05) is 40.1 Å². The number of alkyl halides is 2. The van der Waals surface area contributed by atoms with Gasteiger partial charge in [-0.2, -0.15) is 8.78 Å². The Balaban J connectivity index is 1.72. The lowest BCUT2D eigenvalue weighted by Crippen LogP contribution is -2.30. The summed E-state index contributed by atoms with van der Waals surface area (Å²) in [6.45, 7) is -1.56. The number of para-hydroxylation sites is 2. The number of hydrogen-bond donors (Lipinski definition) is 1. The van der Waals surface area contributed by atoms with Gasteiger partial charge in [-0.25, -0.2) is 0 Å². The molecule has 1 aliphatic heterocycles. The molecule has 1 heterocycles. The topological polar surface area (TPSA) is 64.6 Å². The second-order valence-electron chi connectivity index (χ2n) is 6.07. The normalized spacial score (nSPS) is 17.6. The van der Waals surface area contributed by atoms with Gasteiger partial charge in [-0.05, 0) is 38.3 Å². The Morgan fingerprint density at radius 1 is 1.30 bits per heavy atom. The molecule has 1 fully saturated rings. The predicted octanol–water partition coefficient (Wildman–Crippen LogP) is 4.87. The maximum absolute atomic E-state index is 12.4. The summed E-state index contributed by atoms with van der Waals surface area (Å²) in [6.07, 6.45) is 3.20. The van der Waals surface area contributed by atoms with Crippen LogP contribution < -0.4 is 10.1 Å². The Morgan fingerprint density at radius 3 is 2.78 bits per heavy atom. The molecule has 1 aromatic carbocycles. The molecule has 1 amide bonds. The summed E-state index contributed by atoms with van der Waals surface area (Å²) in [5, 5.41) is 3.12. The fraction of sp³-hybridized carbons (Fsp3) is 0.556. The average Bonchev–Trinajstić information content (AvgIpc) is 3.13. The Bertz CT molecular complexity index is 627. The molecule has 0 radical (unpaired) electrons. The number of esters is 1. The molecule has 1 N–H and O–H groups in total. The first-order chi connectivity index (χ1) is 13.0. The van der Waals surface area contributed by atoms with E-state index in [0.717, 1.165) is 19.3 Å². The molecule has 0 spiro atoms. The van der Waals surface area contributed by atoms with Crippen molar-refractivity contribution >= 4 is 39.2 Å². The molecular weight excluding hydrogens is 396 g/mol. The van der Waals surface area contributed by atoms with Gasteiger partial charge in [0.25, 0.3) is 5.91 Å². The van der Waals surface area contributed by atoms with Crippen LogP contribution in [0.15, 0.2) is 24.3 Å². The van der Waals surface area contributed by atoms with E-state index in [2.05, 4.69) is 10.1 Å². The van der Waals surface area contributed by atoms with E-state index in [9.17, 15) is 18.4 Å². The number of anilines is 1. The number of carbonyl (C=O) groups excluding carboxylic acids is 2. The average molecular weight is 420 g/mol. The number of carbonyl (C=O) groups is 2. The Kier molecular flexibility index (Phi) is 9.20. The number of rotatable bonds is 10. The zero-order valence-corrected chi connectivity index (χ0v) is 16.6. The SMILES string of the molecule is C[C@@H](OC(=O)CCCC[C@@H]1CCSS1)C(=O)Nc1ccccc1OC(F)F. The summed E-state index contributed by atoms with van der Waals surface area (Å²) in [4.78, 5) is 24.0. The van der Waals surface area contributed by atoms with Crippen LogP contribution in [0.5, 0.6) is 5.75 Å². The molecule has 1 saturated heterocycles. The molecule has 0 saturated carbocycles. The number of amides is 1. The van der Waals surface area contributed by atoms with E-state index in [-0.39, 0.29) is 17.9 Å². The summed E-state index contributed by atoms with van der Waals surface area (Å²) >= 11 is 0. The molecule has 1 aliphatic rings. The Labute approximate surface area is 165 Å². The fourth-order valence-corrected chi connectivity index (χ4v) is 5.55. The van der Waals surface area contributed by atoms with Gasteiger partial charge >= 0.3 is 12.6 Å². The zero-order chi connectivity index (χ0) is 19.6. The fourth-order valence-electron chi connectivity index (χ4n) is 2.52. The lowest BCUT2D eigenvalue weighted by Gasteiger charge is -2.16. The van der Waals surface area contributed by atoms with E-state index < -0.39 is 24.6 Å². The van der Waals surface area contributed by atoms with Crippen LogP contribution in [-0.4, -0.2) is 35.6 Å². The van der Waals surface area contributed by atoms with Crippen LogP contribution in [0, 0.1) is 0 Å². The van der Waals surface area contributed by atoms with Gasteiger partial charge in [0.15, 0.2) is 6.10 Å². The summed E-state index contributed by atoms with van der Waals surface area (Å²) in [7, 11) is 3.80. The first kappa shape index (κ1) is 21.8. The zero-order valence-electron chi connectivity index (χ0n) is 15.0. The van der Waals surface area contributed by atoms with E-state index >= 15 is 0 Å². The van der Waals surface area contributed by atoms with Crippen molar-refractivity contribution in [2.75, 3.05) is 11.1 Å². The highest BCUT2D eigenvalue weighted by Gasteiger charge is 2.20. The highest BCUT2D eigenvalue weighted by Crippen LogP contribution is 2.39. The monoisotopic (exact) mass is 419 g/mol. The number of benzene rings is 1. The van der Waals surface area contributed by atoms with E-state index in [1.54, 1.807) is 6.07 Å². The molecule has 5 nitrogen and oxygen atoms in total. The van der Waals surface area contributed by atoms with Gasteiger partial charge in [0.1, 0.15) is 5.75 Å². The molecular formula is C18H23F2NO4S2. The van der Waals surface area contributed by atoms with E-state index in [0.29, 0.717) is 5.25 Å². The predicted molar refractivity (Wildman–Crippen MR) is 104 cm³/mol. The van der Waals surface area contributed by atoms with Crippen LogP contribution in [-0.2, 0) is 14.3 Å². The second kappa shape index (κ2) is 11.4. The summed E-state index contributed by atoms with van der Waals surface area (Å²) in [5.41, 5.74) is 0.0950. The Morgan fingerprint density at radius 2 is 2.07 bits per heavy atom. The minimum Gasteiger partial charge on any atom is -0.453 e. The summed E-state index contributed by atoms with van der Waals surface area (Å²) in [6, 6.07) is 5.84. The van der Waals surface area contributed by atoms with Gasteiger partial charge < -0.3 is 14.8 Å². The van der Waals surface area contributed by atoms with Crippen LogP contribution in [0.25, 0.3) is 0 Å². The van der Waals surface area contributed by atoms with Crippen LogP contribution >= 0.6 is 21.6 Å². The van der Waals surface area contributed by atoms with Crippen LogP contribution in [0.1, 0.15) is 39.0 Å². The number of ether oxygens (including phenoxy) is 2. The standard InChI is InChI=1S/C18H23F2NO4S2/c1-12(24-16(22)9-5-2-6-13-10-11-26-27-13)17(23)21-14-7-3-4-8-15(14)25-18(19)20/h3-4,7-8,12-13,18H,2,5-6,9-11H2,1H3,(H,21,23)/t12-,13-/m1/s1. The van der Waals surface area contributed by atoms with E-state index in [4.69, 9.17) is 4.74 Å². The van der Waals surface area contributed by atoms with Crippen molar-refractivity contribution < 1.29 is 27.8 Å². The first-order valence-corrected chi connectivity index (χ1v) is 11.2. The largest absolute Gasteiger partial charge is 0.453 e. The smallest absolute Gasteiger partial charge is 0.387 e. The highest BCUT2D eigenvalue weighted by atomic mass is 33.1. The van der Waals surface area contributed by atoms with Crippen molar-refractivity contribution in [1.82, 2.24) is 0 Å². The lowest BCUT2D eigenvalue weighted by molar-refractivity contribution is -0.153. The van der Waals surface area contributed by atoms with Gasteiger partial charge in [-0.3, -0.25) is 9.59 Å². The second-order valence-corrected chi connectivity index (χ2v) is 8.86. The van der Waals surface area contributed by atoms with Gasteiger partial charge in [0.2, 0.25) is 0 Å². The molecule has 2 atom stereocenters. The maximum Gasteiger partial charge on any atom is 0.387 e. The number of halogens is 2. The first-order valence-electron chi connectivity index (χ1n) is 8.78. The van der Waals surface area contributed by atoms with Gasteiger partial charge in [0.05, 0.1) is 5.69 Å². The lowest BCUT2D eigenvalue weighted by atomic mass is 10.1. The van der Waals surface area contributed by atoms with Crippen LogP contribution in [0.4, 0.5) is 14.5 Å². The molecule has 0 bridgehead atoms. The van der Waals surface area contributed by atoms with E-state index in [1.807, 2.05) is 21.6 Å². The van der Waals surface area contributed by atoms with Crippen LogP contribution in [0.2, 0.25) is 0 Å². The minimum atomic E-state index is -3.00. The molecule has 1 aromatic rings. The van der Waals surface area contributed by atoms with Crippen molar-refractivity contribution in [2.45, 2.75) is 57.0 Å². The van der Waals surface area contributed by atoms with Gasteiger partial charge in [-0.15, -0.1) is 0 Å². The molecule has 27 heavy (non-hydrogen) atoms. The highest BCUT2D eigenvalue weighted by molar-refractivity contribution is 8.77. The Hall–Kier alpha value is -1.48. The summed E-state index contributed by atoms with van der Waals surface area (Å²) in [5.74, 6) is -0.00579. The molecule has 150 valence electrons. The number of hydrogen-bond acceptors (Lipinski definition) is 6. The van der Waals surface area contributed by atoms with Gasteiger partial charge in [0, 0.05) is 17.4 Å². The number of nitrogens with one attached hydrogen (secondary N) is 1. The van der Waals surface area contributed by atoms with Crippen molar-refractivity contribution in [3.05, 3.63) is 24.3 Å². The number of unbranched alkanes of at least 4 members (excludes halogenated alkanes) is 1. The molecule has 0 aliphatic carbocycles.